The zero-order chi connectivity index (χ0) is 14.4. The summed E-state index contributed by atoms with van der Waals surface area (Å²) in [5.74, 6) is 0.0604. The van der Waals surface area contributed by atoms with Crippen LogP contribution in [0.3, 0.4) is 0 Å². The van der Waals surface area contributed by atoms with Gasteiger partial charge >= 0.3 is 6.01 Å². The molecule has 106 valence electrons. The molecule has 4 nitrogen and oxygen atoms in total. The van der Waals surface area contributed by atoms with Crippen molar-refractivity contribution in [2.24, 2.45) is 0 Å². The number of rotatable bonds is 6. The van der Waals surface area contributed by atoms with E-state index in [4.69, 9.17) is 4.42 Å². The van der Waals surface area contributed by atoms with Crippen LogP contribution in [0.4, 0.5) is 6.01 Å². The van der Waals surface area contributed by atoms with E-state index in [1.165, 1.54) is 5.56 Å². The first-order valence-electron chi connectivity index (χ1n) is 6.97. The summed E-state index contributed by atoms with van der Waals surface area (Å²) < 4.78 is 5.38. The Bertz CT molecular complexity index is 549. The fraction of sp³-hybridized carbons (Fsp3) is 0.375. The Labute approximate surface area is 119 Å². The molecular formula is C16H20N2O2. The van der Waals surface area contributed by atoms with Crippen molar-refractivity contribution < 1.29 is 9.21 Å². The van der Waals surface area contributed by atoms with E-state index in [1.54, 1.807) is 11.2 Å². The van der Waals surface area contributed by atoms with E-state index >= 15 is 0 Å². The summed E-state index contributed by atoms with van der Waals surface area (Å²) in [6.07, 6.45) is 3.69. The zero-order valence-electron chi connectivity index (χ0n) is 12.0. The molecule has 0 aliphatic rings. The summed E-state index contributed by atoms with van der Waals surface area (Å²) >= 11 is 0. The number of hydrogen-bond donors (Lipinski definition) is 0. The van der Waals surface area contributed by atoms with Crippen molar-refractivity contribution in [2.75, 3.05) is 11.4 Å². The van der Waals surface area contributed by atoms with E-state index in [-0.39, 0.29) is 5.91 Å². The lowest BCUT2D eigenvalue weighted by atomic mass is 10.1. The number of hydrogen-bond acceptors (Lipinski definition) is 3. The summed E-state index contributed by atoms with van der Waals surface area (Å²) in [5, 5.41) is 0. The number of anilines is 1. The number of aryl methyl sites for hydroxylation is 1. The molecule has 2 aromatic rings. The number of nitrogens with zero attached hydrogens (tertiary/aromatic N) is 2. The molecule has 0 bridgehead atoms. The van der Waals surface area contributed by atoms with Gasteiger partial charge in [0.2, 0.25) is 5.91 Å². The minimum atomic E-state index is 0.0604. The Morgan fingerprint density at radius 2 is 2.05 bits per heavy atom. The number of aromatic nitrogens is 1. The maximum Gasteiger partial charge on any atom is 0.304 e. The van der Waals surface area contributed by atoms with Crippen molar-refractivity contribution in [1.82, 2.24) is 4.98 Å². The quantitative estimate of drug-likeness (QED) is 0.810. The number of oxazole rings is 1. The molecule has 0 radical (unpaired) electrons. The normalized spacial score (nSPS) is 10.5. The van der Waals surface area contributed by atoms with Crippen LogP contribution in [0.15, 0.2) is 41.0 Å². The highest BCUT2D eigenvalue weighted by Gasteiger charge is 2.19. The Balaban J connectivity index is 2.08. The van der Waals surface area contributed by atoms with Crippen LogP contribution in [0.5, 0.6) is 0 Å². The maximum absolute atomic E-state index is 12.2. The molecule has 1 heterocycles. The molecule has 0 aliphatic carbocycles. The van der Waals surface area contributed by atoms with Gasteiger partial charge in [0.15, 0.2) is 0 Å². The van der Waals surface area contributed by atoms with E-state index in [2.05, 4.69) is 17.1 Å². The molecule has 1 aromatic heterocycles. The average Bonchev–Trinajstić information content (AvgIpc) is 2.87. The van der Waals surface area contributed by atoms with Gasteiger partial charge in [-0.25, -0.2) is 0 Å². The molecule has 0 saturated heterocycles. The van der Waals surface area contributed by atoms with Gasteiger partial charge in [-0.2, -0.15) is 4.98 Å². The summed E-state index contributed by atoms with van der Waals surface area (Å²) in [6.45, 7) is 4.43. The zero-order valence-corrected chi connectivity index (χ0v) is 12.0. The lowest BCUT2D eigenvalue weighted by molar-refractivity contribution is -0.118. The van der Waals surface area contributed by atoms with Gasteiger partial charge in [0, 0.05) is 13.0 Å². The summed E-state index contributed by atoms with van der Waals surface area (Å²) in [7, 11) is 0. The highest BCUT2D eigenvalue weighted by Crippen LogP contribution is 2.16. The summed E-state index contributed by atoms with van der Waals surface area (Å²) in [6, 6.07) is 10.5. The molecule has 4 heteroatoms. The third kappa shape index (κ3) is 3.70. The number of benzene rings is 1. The molecule has 1 amide bonds. The van der Waals surface area contributed by atoms with Crippen LogP contribution in [0.2, 0.25) is 0 Å². The molecule has 0 atom stereocenters. The van der Waals surface area contributed by atoms with Crippen LogP contribution in [0, 0.1) is 6.92 Å². The van der Waals surface area contributed by atoms with E-state index in [0.29, 0.717) is 19.0 Å². The van der Waals surface area contributed by atoms with E-state index in [0.717, 1.165) is 18.5 Å². The van der Waals surface area contributed by atoms with Crippen molar-refractivity contribution >= 4 is 11.9 Å². The molecule has 0 aliphatic heterocycles. The van der Waals surface area contributed by atoms with Crippen molar-refractivity contribution in [1.29, 1.82) is 0 Å². The molecule has 0 fully saturated rings. The highest BCUT2D eigenvalue weighted by atomic mass is 16.4. The number of carbonyl (C=O) groups is 1. The van der Waals surface area contributed by atoms with Gasteiger partial charge in [-0.3, -0.25) is 9.69 Å². The van der Waals surface area contributed by atoms with Crippen LogP contribution in [-0.2, 0) is 11.2 Å². The highest BCUT2D eigenvalue weighted by molar-refractivity contribution is 5.91. The van der Waals surface area contributed by atoms with Gasteiger partial charge in [0.1, 0.15) is 6.26 Å². The third-order valence-electron chi connectivity index (χ3n) is 3.07. The van der Waals surface area contributed by atoms with Gasteiger partial charge in [-0.05, 0) is 25.3 Å². The first kappa shape index (κ1) is 14.3. The topological polar surface area (TPSA) is 46.3 Å². The second kappa shape index (κ2) is 6.89. The minimum Gasteiger partial charge on any atom is -0.431 e. The second-order valence-electron chi connectivity index (χ2n) is 4.80. The molecule has 2 rings (SSSR count). The summed E-state index contributed by atoms with van der Waals surface area (Å²) in [5.41, 5.74) is 1.99. The smallest absolute Gasteiger partial charge is 0.304 e. The van der Waals surface area contributed by atoms with Crippen LogP contribution in [0.25, 0.3) is 0 Å². The monoisotopic (exact) mass is 272 g/mol. The molecular weight excluding hydrogens is 252 g/mol. The van der Waals surface area contributed by atoms with E-state index < -0.39 is 0 Å². The van der Waals surface area contributed by atoms with Gasteiger partial charge in [0.25, 0.3) is 0 Å². The third-order valence-corrected chi connectivity index (χ3v) is 3.07. The lowest BCUT2D eigenvalue weighted by Gasteiger charge is -2.18. The number of carbonyl (C=O) groups excluding carboxylic acids is 1. The molecule has 0 N–H and O–H groups in total. The van der Waals surface area contributed by atoms with Crippen molar-refractivity contribution in [3.05, 3.63) is 47.9 Å². The molecule has 20 heavy (non-hydrogen) atoms. The van der Waals surface area contributed by atoms with Crippen LogP contribution in [0.1, 0.15) is 31.0 Å². The first-order chi connectivity index (χ1) is 9.70. The Morgan fingerprint density at radius 3 is 2.65 bits per heavy atom. The minimum absolute atomic E-state index is 0.0604. The van der Waals surface area contributed by atoms with Gasteiger partial charge < -0.3 is 4.42 Å². The van der Waals surface area contributed by atoms with E-state index in [9.17, 15) is 4.79 Å². The number of amides is 1. The van der Waals surface area contributed by atoms with Crippen molar-refractivity contribution in [3.63, 3.8) is 0 Å². The van der Waals surface area contributed by atoms with E-state index in [1.807, 2.05) is 32.0 Å². The molecule has 0 unspecified atom stereocenters. The van der Waals surface area contributed by atoms with Crippen molar-refractivity contribution in [2.45, 2.75) is 33.1 Å². The predicted molar refractivity (Wildman–Crippen MR) is 78.6 cm³/mol. The molecule has 0 saturated carbocycles. The average molecular weight is 272 g/mol. The fourth-order valence-corrected chi connectivity index (χ4v) is 2.03. The lowest BCUT2D eigenvalue weighted by Crippen LogP contribution is -2.33. The van der Waals surface area contributed by atoms with Gasteiger partial charge in [-0.15, -0.1) is 0 Å². The molecule has 0 spiro atoms. The second-order valence-corrected chi connectivity index (χ2v) is 4.80. The summed E-state index contributed by atoms with van der Waals surface area (Å²) in [4.78, 5) is 18.1. The predicted octanol–water partition coefficient (Wildman–Crippen LogP) is 3.36. The van der Waals surface area contributed by atoms with Crippen LogP contribution >= 0.6 is 0 Å². The largest absolute Gasteiger partial charge is 0.431 e. The first-order valence-corrected chi connectivity index (χ1v) is 6.97. The van der Waals surface area contributed by atoms with Crippen molar-refractivity contribution in [3.8, 4) is 0 Å². The van der Waals surface area contributed by atoms with Crippen LogP contribution in [-0.4, -0.2) is 17.4 Å². The van der Waals surface area contributed by atoms with Gasteiger partial charge in [0.05, 0.1) is 5.69 Å². The SMILES string of the molecule is CCCC(=O)N(CCc1ccccc1)c1nc(C)co1. The Hall–Kier alpha value is -2.10. The maximum atomic E-state index is 12.2. The van der Waals surface area contributed by atoms with Gasteiger partial charge in [-0.1, -0.05) is 37.3 Å². The standard InChI is InChI=1S/C16H20N2O2/c1-3-7-15(19)18(16-17-13(2)12-20-16)11-10-14-8-5-4-6-9-14/h4-6,8-9,12H,3,7,10-11H2,1-2H3. The Kier molecular flexibility index (Phi) is 4.93. The van der Waals surface area contributed by atoms with Crippen LogP contribution < -0.4 is 4.90 Å². The fourth-order valence-electron chi connectivity index (χ4n) is 2.03. The Morgan fingerprint density at radius 1 is 1.30 bits per heavy atom. The molecule has 1 aromatic carbocycles.